The van der Waals surface area contributed by atoms with E-state index in [0.717, 1.165) is 37.3 Å². The Balaban J connectivity index is 1.64. The number of piperidine rings is 1. The van der Waals surface area contributed by atoms with Gasteiger partial charge in [-0.15, -0.1) is 0 Å². The summed E-state index contributed by atoms with van der Waals surface area (Å²) in [5.74, 6) is 1.05. The minimum Gasteiger partial charge on any atom is -0.364 e. The third-order valence-electron chi connectivity index (χ3n) is 4.58. The fraction of sp³-hybridized carbons (Fsp3) is 0.875. The number of likely N-dealkylation sites (tertiary alicyclic amines) is 1. The predicted molar refractivity (Wildman–Crippen MR) is 90.8 cm³/mol. The van der Waals surface area contributed by atoms with Crippen molar-refractivity contribution in [2.45, 2.75) is 57.6 Å². The van der Waals surface area contributed by atoms with Crippen molar-refractivity contribution < 1.29 is 4.79 Å². The van der Waals surface area contributed by atoms with E-state index in [9.17, 15) is 4.79 Å². The molecule has 0 aromatic heterocycles. The van der Waals surface area contributed by atoms with Gasteiger partial charge in [0.15, 0.2) is 5.17 Å². The van der Waals surface area contributed by atoms with Gasteiger partial charge >= 0.3 is 0 Å². The van der Waals surface area contributed by atoms with E-state index in [1.165, 1.54) is 32.1 Å². The molecule has 0 aliphatic carbocycles. The Bertz CT molecular complexity index is 363. The minimum absolute atomic E-state index is 0.294. The van der Waals surface area contributed by atoms with Crippen LogP contribution in [0.3, 0.4) is 0 Å². The Labute approximate surface area is 133 Å². The van der Waals surface area contributed by atoms with Gasteiger partial charge in [-0.1, -0.05) is 38.5 Å². The zero-order valence-corrected chi connectivity index (χ0v) is 14.3. The molecule has 5 heteroatoms. The van der Waals surface area contributed by atoms with Gasteiger partial charge in [-0.25, -0.2) is 0 Å². The van der Waals surface area contributed by atoms with Crippen molar-refractivity contribution in [3.63, 3.8) is 0 Å². The lowest BCUT2D eigenvalue weighted by Gasteiger charge is -2.26. The van der Waals surface area contributed by atoms with Crippen molar-refractivity contribution in [3.05, 3.63) is 0 Å². The van der Waals surface area contributed by atoms with E-state index < -0.39 is 0 Å². The lowest BCUT2D eigenvalue weighted by molar-refractivity contribution is -0.131. The summed E-state index contributed by atoms with van der Waals surface area (Å²) in [4.78, 5) is 18.7. The van der Waals surface area contributed by atoms with Gasteiger partial charge in [0.05, 0.1) is 6.54 Å². The van der Waals surface area contributed by atoms with Gasteiger partial charge in [0, 0.05) is 31.3 Å². The fourth-order valence-corrected chi connectivity index (χ4v) is 4.47. The first-order chi connectivity index (χ1) is 10.2. The van der Waals surface area contributed by atoms with E-state index in [2.05, 4.69) is 24.2 Å². The summed E-state index contributed by atoms with van der Waals surface area (Å²) in [6.07, 6.45) is 6.65. The number of hydrogen-bond donors (Lipinski definition) is 1. The quantitative estimate of drug-likeness (QED) is 0.820. The largest absolute Gasteiger partial charge is 0.364 e. The molecule has 4 nitrogen and oxygen atoms in total. The average Bonchev–Trinajstić information content (AvgIpc) is 2.98. The van der Waals surface area contributed by atoms with Crippen LogP contribution < -0.4 is 5.32 Å². The first-order valence-corrected chi connectivity index (χ1v) is 9.35. The number of amides is 1. The van der Waals surface area contributed by atoms with Crippen LogP contribution in [0.25, 0.3) is 0 Å². The van der Waals surface area contributed by atoms with E-state index in [4.69, 9.17) is 0 Å². The molecule has 0 spiro atoms. The van der Waals surface area contributed by atoms with Crippen LogP contribution in [-0.2, 0) is 4.79 Å². The molecule has 2 rings (SSSR count). The number of nitrogens with one attached hydrogen (secondary N) is 1. The number of thioether (sulfide) groups is 1. The van der Waals surface area contributed by atoms with Crippen molar-refractivity contribution >= 4 is 22.8 Å². The molecule has 0 aromatic carbocycles. The molecule has 1 saturated heterocycles. The monoisotopic (exact) mass is 311 g/mol. The molecule has 0 saturated carbocycles. The Morgan fingerprint density at radius 2 is 2.05 bits per heavy atom. The third kappa shape index (κ3) is 4.90. The summed E-state index contributed by atoms with van der Waals surface area (Å²) < 4.78 is 0. The van der Waals surface area contributed by atoms with Crippen molar-refractivity contribution in [3.8, 4) is 0 Å². The van der Waals surface area contributed by atoms with Crippen LogP contribution >= 0.6 is 11.8 Å². The van der Waals surface area contributed by atoms with Crippen LogP contribution in [0.5, 0.6) is 0 Å². The summed E-state index contributed by atoms with van der Waals surface area (Å²) in [6.45, 7) is 8.07. The predicted octanol–water partition coefficient (Wildman–Crippen LogP) is 2.89. The highest BCUT2D eigenvalue weighted by atomic mass is 32.2. The Hall–Kier alpha value is -0.710. The standard InChI is InChI=1S/C16H29N3OS/c1-3-13(4-2)14-12-18-16(21-14)17-9-8-15(20)19-10-6-5-7-11-19/h13-14H,3-12H2,1-2H3,(H,17,18). The van der Waals surface area contributed by atoms with Crippen LogP contribution in [0, 0.1) is 5.92 Å². The zero-order valence-electron chi connectivity index (χ0n) is 13.4. The number of carbonyl (C=O) groups excluding carboxylic acids is 1. The van der Waals surface area contributed by atoms with E-state index in [-0.39, 0.29) is 0 Å². The average molecular weight is 311 g/mol. The number of aliphatic imine (C=N–C) groups is 1. The molecule has 1 amide bonds. The maximum Gasteiger partial charge on any atom is 0.224 e. The van der Waals surface area contributed by atoms with E-state index in [0.29, 0.717) is 17.6 Å². The summed E-state index contributed by atoms with van der Waals surface area (Å²) in [5.41, 5.74) is 0. The molecule has 120 valence electrons. The van der Waals surface area contributed by atoms with E-state index in [1.54, 1.807) is 0 Å². The fourth-order valence-electron chi connectivity index (χ4n) is 3.13. The highest BCUT2D eigenvalue weighted by Crippen LogP contribution is 2.30. The molecule has 2 aliphatic rings. The molecule has 1 unspecified atom stereocenters. The third-order valence-corrected chi connectivity index (χ3v) is 5.91. The number of nitrogens with zero attached hydrogens (tertiary/aromatic N) is 2. The van der Waals surface area contributed by atoms with Gasteiger partial charge in [-0.3, -0.25) is 9.79 Å². The lowest BCUT2D eigenvalue weighted by Crippen LogP contribution is -2.37. The van der Waals surface area contributed by atoms with Crippen molar-refractivity contribution in [1.29, 1.82) is 0 Å². The van der Waals surface area contributed by atoms with E-state index in [1.807, 2.05) is 16.7 Å². The second-order valence-electron chi connectivity index (χ2n) is 6.00. The molecule has 21 heavy (non-hydrogen) atoms. The highest BCUT2D eigenvalue weighted by molar-refractivity contribution is 8.14. The molecule has 0 radical (unpaired) electrons. The number of hydrogen-bond acceptors (Lipinski definition) is 4. The van der Waals surface area contributed by atoms with Crippen LogP contribution in [0.15, 0.2) is 4.99 Å². The smallest absolute Gasteiger partial charge is 0.224 e. The van der Waals surface area contributed by atoms with Gasteiger partial charge in [0.25, 0.3) is 0 Å². The van der Waals surface area contributed by atoms with Crippen LogP contribution in [0.4, 0.5) is 0 Å². The van der Waals surface area contributed by atoms with Gasteiger partial charge in [0.1, 0.15) is 0 Å². The molecule has 2 aliphatic heterocycles. The second-order valence-corrected chi connectivity index (χ2v) is 7.22. The number of carbonyl (C=O) groups is 1. The molecule has 1 fully saturated rings. The maximum absolute atomic E-state index is 12.1. The van der Waals surface area contributed by atoms with Gasteiger partial charge in [-0.05, 0) is 25.2 Å². The van der Waals surface area contributed by atoms with E-state index >= 15 is 0 Å². The first-order valence-electron chi connectivity index (χ1n) is 8.47. The second kappa shape index (κ2) is 8.66. The molecular weight excluding hydrogens is 282 g/mol. The molecule has 1 atom stereocenters. The molecule has 1 N–H and O–H groups in total. The normalized spacial score (nSPS) is 22.5. The summed E-state index contributed by atoms with van der Waals surface area (Å²) >= 11 is 1.87. The van der Waals surface area contributed by atoms with Crippen LogP contribution in [0.1, 0.15) is 52.4 Å². The molecule has 0 aromatic rings. The Morgan fingerprint density at radius 1 is 1.33 bits per heavy atom. The SMILES string of the molecule is CCC(CC)C1CN=C(NCCC(=O)N2CCCCC2)S1. The minimum atomic E-state index is 0.294. The van der Waals surface area contributed by atoms with Gasteiger partial charge in [0.2, 0.25) is 5.91 Å². The van der Waals surface area contributed by atoms with Crippen molar-refractivity contribution in [1.82, 2.24) is 10.2 Å². The van der Waals surface area contributed by atoms with Gasteiger partial charge in [-0.2, -0.15) is 0 Å². The van der Waals surface area contributed by atoms with Crippen LogP contribution in [-0.4, -0.2) is 47.4 Å². The summed E-state index contributed by atoms with van der Waals surface area (Å²) in [6, 6.07) is 0. The van der Waals surface area contributed by atoms with Crippen LogP contribution in [0.2, 0.25) is 0 Å². The maximum atomic E-state index is 12.1. The van der Waals surface area contributed by atoms with Crippen molar-refractivity contribution in [2.75, 3.05) is 26.2 Å². The molecular formula is C16H29N3OS. The Morgan fingerprint density at radius 3 is 2.71 bits per heavy atom. The van der Waals surface area contributed by atoms with Gasteiger partial charge < -0.3 is 10.2 Å². The zero-order chi connectivity index (χ0) is 15.1. The number of rotatable bonds is 6. The lowest BCUT2D eigenvalue weighted by atomic mass is 9.99. The topological polar surface area (TPSA) is 44.7 Å². The number of amidine groups is 1. The molecule has 0 bridgehead atoms. The summed E-state index contributed by atoms with van der Waals surface area (Å²) in [7, 11) is 0. The summed E-state index contributed by atoms with van der Waals surface area (Å²) in [5, 5.41) is 5.02. The molecule has 2 heterocycles. The first kappa shape index (κ1) is 16.7. The highest BCUT2D eigenvalue weighted by Gasteiger charge is 2.25. The Kier molecular flexibility index (Phi) is 6.87. The van der Waals surface area contributed by atoms with Crippen molar-refractivity contribution in [2.24, 2.45) is 10.9 Å².